The first-order valence-electron chi connectivity index (χ1n) is 4.12. The van der Waals surface area contributed by atoms with Crippen LogP contribution in [0.2, 0.25) is 5.02 Å². The predicted molar refractivity (Wildman–Crippen MR) is 61.9 cm³/mol. The van der Waals surface area contributed by atoms with Crippen LogP contribution in [0.5, 0.6) is 0 Å². The summed E-state index contributed by atoms with van der Waals surface area (Å²) in [5.74, 6) is 0. The quantitative estimate of drug-likeness (QED) is 0.567. The molecule has 0 bridgehead atoms. The van der Waals surface area contributed by atoms with Crippen LogP contribution in [-0.4, -0.2) is 4.92 Å². The van der Waals surface area contributed by atoms with Gasteiger partial charge in [0.15, 0.2) is 0 Å². The lowest BCUT2D eigenvalue weighted by Crippen LogP contribution is -1.91. The summed E-state index contributed by atoms with van der Waals surface area (Å²) >= 11 is 8.85. The van der Waals surface area contributed by atoms with E-state index in [0.29, 0.717) is 15.1 Å². The monoisotopic (exact) mass is 279 g/mol. The number of aryl methyl sites for hydroxylation is 1. The second-order valence-electron chi connectivity index (χ2n) is 2.31. The molecule has 5 heteroatoms. The summed E-state index contributed by atoms with van der Waals surface area (Å²) in [6, 6.07) is 2.96. The van der Waals surface area contributed by atoms with Gasteiger partial charge in [0.05, 0.1) is 9.95 Å². The summed E-state index contributed by atoms with van der Waals surface area (Å²) in [6.07, 6.45) is 0. The Morgan fingerprint density at radius 1 is 1.43 bits per heavy atom. The zero-order chi connectivity index (χ0) is 11.3. The molecule has 0 heterocycles. The second-order valence-corrected chi connectivity index (χ2v) is 3.57. The number of benzene rings is 1. The minimum Gasteiger partial charge on any atom is -0.258 e. The van der Waals surface area contributed by atoms with E-state index >= 15 is 0 Å². The maximum Gasteiger partial charge on any atom is 0.273 e. The normalized spacial score (nSPS) is 8.93. The fraction of sp³-hybridized carbons (Fsp3) is 0.333. The SMILES string of the molecule is CC.Cc1cc(Br)c(Cl)cc1[N+](=O)[O-]. The average molecular weight is 281 g/mol. The van der Waals surface area contributed by atoms with Gasteiger partial charge in [-0.2, -0.15) is 0 Å². The molecule has 0 saturated heterocycles. The fourth-order valence-electron chi connectivity index (χ4n) is 0.832. The molecule has 0 atom stereocenters. The molecule has 0 aliphatic heterocycles. The lowest BCUT2D eigenvalue weighted by atomic mass is 10.2. The Kier molecular flexibility index (Phi) is 5.72. The van der Waals surface area contributed by atoms with E-state index in [1.54, 1.807) is 13.0 Å². The molecule has 0 spiro atoms. The summed E-state index contributed by atoms with van der Waals surface area (Å²) in [5.41, 5.74) is 0.638. The van der Waals surface area contributed by atoms with Gasteiger partial charge in [0.1, 0.15) is 0 Å². The van der Waals surface area contributed by atoms with E-state index in [9.17, 15) is 10.1 Å². The minimum atomic E-state index is -0.451. The van der Waals surface area contributed by atoms with Crippen molar-refractivity contribution in [1.29, 1.82) is 0 Å². The van der Waals surface area contributed by atoms with Crippen molar-refractivity contribution in [2.75, 3.05) is 0 Å². The standard InChI is InChI=1S/C7H5BrClNO2.C2H6/c1-4-2-5(8)6(9)3-7(4)10(11)12;1-2/h2-3H,1H3;1-2H3. The lowest BCUT2D eigenvalue weighted by Gasteiger charge is -1.99. The van der Waals surface area contributed by atoms with Crippen molar-refractivity contribution in [3.8, 4) is 0 Å². The summed E-state index contributed by atoms with van der Waals surface area (Å²) in [6.45, 7) is 5.67. The van der Waals surface area contributed by atoms with Gasteiger partial charge in [0.2, 0.25) is 0 Å². The lowest BCUT2D eigenvalue weighted by molar-refractivity contribution is -0.385. The molecule has 14 heavy (non-hydrogen) atoms. The van der Waals surface area contributed by atoms with E-state index in [4.69, 9.17) is 11.6 Å². The van der Waals surface area contributed by atoms with Crippen molar-refractivity contribution < 1.29 is 4.92 Å². The van der Waals surface area contributed by atoms with Gasteiger partial charge in [0, 0.05) is 16.1 Å². The molecule has 1 aromatic rings. The minimum absolute atomic E-state index is 0.0446. The topological polar surface area (TPSA) is 43.1 Å². The van der Waals surface area contributed by atoms with E-state index in [1.165, 1.54) is 6.07 Å². The Balaban J connectivity index is 0.000000791. The van der Waals surface area contributed by atoms with E-state index in [1.807, 2.05) is 13.8 Å². The first-order valence-corrected chi connectivity index (χ1v) is 5.29. The Labute approximate surface area is 96.4 Å². The van der Waals surface area contributed by atoms with E-state index < -0.39 is 4.92 Å². The van der Waals surface area contributed by atoms with Crippen molar-refractivity contribution in [3.63, 3.8) is 0 Å². The van der Waals surface area contributed by atoms with Crippen LogP contribution < -0.4 is 0 Å². The molecule has 0 amide bonds. The zero-order valence-corrected chi connectivity index (χ0v) is 10.5. The van der Waals surface area contributed by atoms with E-state index in [-0.39, 0.29) is 5.69 Å². The number of halogens is 2. The molecule has 0 aliphatic rings. The third-order valence-electron chi connectivity index (χ3n) is 1.44. The Morgan fingerprint density at radius 3 is 2.36 bits per heavy atom. The maximum absolute atomic E-state index is 10.4. The van der Waals surface area contributed by atoms with Crippen LogP contribution in [0.15, 0.2) is 16.6 Å². The number of rotatable bonds is 1. The van der Waals surface area contributed by atoms with Crippen molar-refractivity contribution in [1.82, 2.24) is 0 Å². The van der Waals surface area contributed by atoms with Gasteiger partial charge >= 0.3 is 0 Å². The van der Waals surface area contributed by atoms with Gasteiger partial charge in [-0.05, 0) is 28.9 Å². The van der Waals surface area contributed by atoms with Gasteiger partial charge in [-0.15, -0.1) is 0 Å². The smallest absolute Gasteiger partial charge is 0.258 e. The van der Waals surface area contributed by atoms with Crippen molar-refractivity contribution >= 4 is 33.2 Å². The Hall–Kier alpha value is -0.610. The van der Waals surface area contributed by atoms with Crippen molar-refractivity contribution in [2.45, 2.75) is 20.8 Å². The molecule has 0 radical (unpaired) electrons. The molecule has 1 rings (SSSR count). The van der Waals surface area contributed by atoms with Crippen LogP contribution in [-0.2, 0) is 0 Å². The van der Waals surface area contributed by atoms with Crippen LogP contribution in [0, 0.1) is 17.0 Å². The predicted octanol–water partition coefficient (Wildman–Crippen LogP) is 4.35. The first kappa shape index (κ1) is 13.4. The third kappa shape index (κ3) is 3.27. The highest BCUT2D eigenvalue weighted by Crippen LogP contribution is 2.29. The van der Waals surface area contributed by atoms with E-state index in [0.717, 1.165) is 0 Å². The Bertz CT molecular complexity index is 342. The maximum atomic E-state index is 10.4. The number of nitrogens with zero attached hydrogens (tertiary/aromatic N) is 1. The summed E-state index contributed by atoms with van der Waals surface area (Å²) < 4.78 is 0.673. The first-order chi connectivity index (χ1) is 6.52. The average Bonchev–Trinajstić information content (AvgIpc) is 2.14. The fourth-order valence-corrected chi connectivity index (χ4v) is 1.45. The number of nitro benzene ring substituents is 1. The highest BCUT2D eigenvalue weighted by atomic mass is 79.9. The van der Waals surface area contributed by atoms with Crippen LogP contribution in [0.1, 0.15) is 19.4 Å². The zero-order valence-electron chi connectivity index (χ0n) is 8.17. The van der Waals surface area contributed by atoms with Gasteiger partial charge in [0.25, 0.3) is 5.69 Å². The van der Waals surface area contributed by atoms with E-state index in [2.05, 4.69) is 15.9 Å². The molecule has 78 valence electrons. The van der Waals surface area contributed by atoms with Gasteiger partial charge < -0.3 is 0 Å². The van der Waals surface area contributed by atoms with Crippen molar-refractivity contribution in [3.05, 3.63) is 37.3 Å². The third-order valence-corrected chi connectivity index (χ3v) is 2.63. The van der Waals surface area contributed by atoms with Crippen molar-refractivity contribution in [2.24, 2.45) is 0 Å². The molecule has 0 N–H and O–H groups in total. The largest absolute Gasteiger partial charge is 0.273 e. The highest BCUT2D eigenvalue weighted by Gasteiger charge is 2.12. The molecular formula is C9H11BrClNO2. The molecular weight excluding hydrogens is 269 g/mol. The molecule has 0 fully saturated rings. The molecule has 1 aromatic carbocycles. The number of nitro groups is 1. The van der Waals surface area contributed by atoms with Gasteiger partial charge in [-0.3, -0.25) is 10.1 Å². The van der Waals surface area contributed by atoms with Gasteiger partial charge in [-0.25, -0.2) is 0 Å². The number of hydrogen-bond acceptors (Lipinski definition) is 2. The highest BCUT2D eigenvalue weighted by molar-refractivity contribution is 9.10. The second kappa shape index (κ2) is 5.98. The van der Waals surface area contributed by atoms with Gasteiger partial charge in [-0.1, -0.05) is 25.4 Å². The molecule has 0 aromatic heterocycles. The van der Waals surface area contributed by atoms with Crippen LogP contribution in [0.3, 0.4) is 0 Å². The molecule has 0 saturated carbocycles. The summed E-state index contributed by atoms with van der Waals surface area (Å²) in [7, 11) is 0. The molecule has 0 aliphatic carbocycles. The van der Waals surface area contributed by atoms with Crippen LogP contribution in [0.4, 0.5) is 5.69 Å². The van der Waals surface area contributed by atoms with Crippen LogP contribution in [0.25, 0.3) is 0 Å². The molecule has 0 unspecified atom stereocenters. The van der Waals surface area contributed by atoms with Crippen LogP contribution >= 0.6 is 27.5 Å². The molecule has 3 nitrogen and oxygen atoms in total. The number of hydrogen-bond donors (Lipinski definition) is 0. The summed E-state index contributed by atoms with van der Waals surface area (Å²) in [5, 5.41) is 10.8. The Morgan fingerprint density at radius 2 is 1.93 bits per heavy atom. The summed E-state index contributed by atoms with van der Waals surface area (Å²) in [4.78, 5) is 9.97.